The van der Waals surface area contributed by atoms with E-state index in [2.05, 4.69) is 15.3 Å². The predicted molar refractivity (Wildman–Crippen MR) is 112 cm³/mol. The Morgan fingerprint density at radius 3 is 2.83 bits per heavy atom. The number of nitro benzene ring substituents is 1. The lowest BCUT2D eigenvalue weighted by Crippen LogP contribution is -2.24. The van der Waals surface area contributed by atoms with Crippen LogP contribution in [0, 0.1) is 10.1 Å². The number of hydrogen-bond donors (Lipinski definition) is 1. The van der Waals surface area contributed by atoms with Crippen LogP contribution in [0.25, 0.3) is 5.69 Å². The maximum atomic E-state index is 13.0. The molecule has 3 heterocycles. The summed E-state index contributed by atoms with van der Waals surface area (Å²) in [6.07, 6.45) is 2.29. The van der Waals surface area contributed by atoms with E-state index in [0.717, 1.165) is 23.2 Å². The van der Waals surface area contributed by atoms with Gasteiger partial charge in [0.2, 0.25) is 5.91 Å². The molecular formula is C17H13N5O4S3. The largest absolute Gasteiger partial charge is 0.301 e. The number of thiazole rings is 1. The molecule has 3 aromatic rings. The van der Waals surface area contributed by atoms with E-state index in [9.17, 15) is 19.7 Å². The average Bonchev–Trinajstić information content (AvgIpc) is 3.38. The highest BCUT2D eigenvalue weighted by Crippen LogP contribution is 2.30. The van der Waals surface area contributed by atoms with Crippen LogP contribution in [-0.4, -0.2) is 36.9 Å². The second kappa shape index (κ2) is 8.35. The minimum absolute atomic E-state index is 0.0466. The van der Waals surface area contributed by atoms with Crippen molar-refractivity contribution in [2.24, 2.45) is 0 Å². The summed E-state index contributed by atoms with van der Waals surface area (Å²) < 4.78 is 1.40. The van der Waals surface area contributed by atoms with Crippen LogP contribution in [0.5, 0.6) is 0 Å². The Morgan fingerprint density at radius 2 is 2.14 bits per heavy atom. The molecule has 0 unspecified atom stereocenters. The first-order chi connectivity index (χ1) is 14.0. The molecule has 12 heteroatoms. The first-order valence-corrected chi connectivity index (χ1v) is 11.2. The highest BCUT2D eigenvalue weighted by Gasteiger charge is 2.23. The number of rotatable bonds is 6. The molecule has 0 radical (unpaired) electrons. The van der Waals surface area contributed by atoms with Gasteiger partial charge in [-0.2, -0.15) is 0 Å². The van der Waals surface area contributed by atoms with E-state index in [0.29, 0.717) is 27.3 Å². The molecule has 0 fully saturated rings. The number of carbonyl (C=O) groups excluding carboxylic acids is 1. The zero-order valence-electron chi connectivity index (χ0n) is 14.7. The molecule has 1 N–H and O–H groups in total. The predicted octanol–water partition coefficient (Wildman–Crippen LogP) is 2.98. The van der Waals surface area contributed by atoms with Crippen LogP contribution < -0.4 is 10.9 Å². The fraction of sp³-hybridized carbons (Fsp3) is 0.176. The summed E-state index contributed by atoms with van der Waals surface area (Å²) in [6.45, 7) is 0. The minimum atomic E-state index is -0.498. The van der Waals surface area contributed by atoms with Gasteiger partial charge in [-0.3, -0.25) is 24.3 Å². The van der Waals surface area contributed by atoms with Crippen molar-refractivity contribution >= 4 is 51.6 Å². The van der Waals surface area contributed by atoms with Crippen LogP contribution in [-0.2, 0) is 11.2 Å². The first-order valence-electron chi connectivity index (χ1n) is 8.38. The summed E-state index contributed by atoms with van der Waals surface area (Å²) >= 11 is 3.90. The van der Waals surface area contributed by atoms with Crippen molar-refractivity contribution in [1.82, 2.24) is 14.5 Å². The summed E-state index contributed by atoms with van der Waals surface area (Å²) in [5.74, 6) is 0.561. The number of fused-ring (bicyclic) bond motifs is 1. The molecule has 0 atom stereocenters. The minimum Gasteiger partial charge on any atom is -0.301 e. The molecule has 148 valence electrons. The van der Waals surface area contributed by atoms with E-state index in [4.69, 9.17) is 0 Å². The van der Waals surface area contributed by atoms with Crippen molar-refractivity contribution < 1.29 is 9.72 Å². The topological polar surface area (TPSA) is 120 Å². The molecule has 0 bridgehead atoms. The third-order valence-electron chi connectivity index (χ3n) is 4.00. The highest BCUT2D eigenvalue weighted by atomic mass is 32.2. The average molecular weight is 448 g/mol. The molecule has 0 spiro atoms. The van der Waals surface area contributed by atoms with Crippen molar-refractivity contribution in [1.29, 1.82) is 0 Å². The Kier molecular flexibility index (Phi) is 5.65. The van der Waals surface area contributed by atoms with Crippen molar-refractivity contribution in [3.63, 3.8) is 0 Å². The first kappa shape index (κ1) is 19.6. The van der Waals surface area contributed by atoms with Gasteiger partial charge in [0.15, 0.2) is 10.3 Å². The lowest BCUT2D eigenvalue weighted by atomic mass is 10.2. The standard InChI is InChI=1S/C17H13N5O4S3/c23-13(20-16-18-6-8-28-16)9-29-17-19-12-5-7-27-14(12)15(24)21(17)10-1-3-11(4-2-10)22(25)26/h1-4,6,8H,5,7,9H2,(H,18,20,23). The van der Waals surface area contributed by atoms with Crippen LogP contribution in [0.2, 0.25) is 0 Å². The van der Waals surface area contributed by atoms with E-state index < -0.39 is 4.92 Å². The second-order valence-corrected chi connectivity index (χ2v) is 8.80. The van der Waals surface area contributed by atoms with Crippen LogP contribution in [0.4, 0.5) is 10.8 Å². The SMILES string of the molecule is O=C(CSc1nc2c(c(=O)n1-c1ccc([N+](=O)[O-])cc1)SCC2)Nc1nccs1. The summed E-state index contributed by atoms with van der Waals surface area (Å²) in [4.78, 5) is 44.9. The van der Waals surface area contributed by atoms with E-state index in [-0.39, 0.29) is 22.9 Å². The highest BCUT2D eigenvalue weighted by molar-refractivity contribution is 8.00. The monoisotopic (exact) mass is 447 g/mol. The zero-order chi connectivity index (χ0) is 20.4. The molecule has 29 heavy (non-hydrogen) atoms. The van der Waals surface area contributed by atoms with Gasteiger partial charge in [-0.15, -0.1) is 23.1 Å². The van der Waals surface area contributed by atoms with Crippen molar-refractivity contribution in [3.8, 4) is 5.69 Å². The Balaban J connectivity index is 1.65. The normalized spacial score (nSPS) is 12.6. The second-order valence-electron chi connectivity index (χ2n) is 5.86. The van der Waals surface area contributed by atoms with Gasteiger partial charge >= 0.3 is 0 Å². The maximum Gasteiger partial charge on any atom is 0.272 e. The number of carbonyl (C=O) groups is 1. The summed E-state index contributed by atoms with van der Waals surface area (Å²) in [5.41, 5.74) is 0.892. The number of aromatic nitrogens is 3. The van der Waals surface area contributed by atoms with Gasteiger partial charge in [0.05, 0.1) is 27.0 Å². The number of anilines is 1. The smallest absolute Gasteiger partial charge is 0.272 e. The Bertz CT molecular complexity index is 1130. The summed E-state index contributed by atoms with van der Waals surface area (Å²) in [6, 6.07) is 5.69. The van der Waals surface area contributed by atoms with Crippen LogP contribution >= 0.6 is 34.9 Å². The quantitative estimate of drug-likeness (QED) is 0.265. The number of hydrogen-bond acceptors (Lipinski definition) is 9. The molecular weight excluding hydrogens is 434 g/mol. The molecule has 9 nitrogen and oxygen atoms in total. The van der Waals surface area contributed by atoms with Crippen LogP contribution in [0.15, 0.2) is 50.7 Å². The van der Waals surface area contributed by atoms with E-state index in [1.54, 1.807) is 11.6 Å². The fourth-order valence-corrected chi connectivity index (χ4v) is 5.11. The lowest BCUT2D eigenvalue weighted by molar-refractivity contribution is -0.384. The van der Waals surface area contributed by atoms with Gasteiger partial charge in [-0.25, -0.2) is 9.97 Å². The fourth-order valence-electron chi connectivity index (χ4n) is 2.71. The molecule has 1 aliphatic rings. The molecule has 0 saturated heterocycles. The molecule has 0 aliphatic carbocycles. The molecule has 4 rings (SSSR count). The molecule has 1 amide bonds. The molecule has 0 saturated carbocycles. The lowest BCUT2D eigenvalue weighted by Gasteiger charge is -2.13. The van der Waals surface area contributed by atoms with Crippen molar-refractivity contribution in [2.75, 3.05) is 16.8 Å². The summed E-state index contributed by atoms with van der Waals surface area (Å²) in [7, 11) is 0. The van der Waals surface area contributed by atoms with Gasteiger partial charge in [0.25, 0.3) is 11.2 Å². The van der Waals surface area contributed by atoms with Crippen LogP contribution in [0.3, 0.4) is 0 Å². The zero-order valence-corrected chi connectivity index (χ0v) is 17.2. The van der Waals surface area contributed by atoms with Gasteiger partial charge in [-0.1, -0.05) is 11.8 Å². The number of aryl methyl sites for hydroxylation is 1. The third-order valence-corrected chi connectivity index (χ3v) is 6.73. The number of nitrogens with one attached hydrogen (secondary N) is 1. The Morgan fingerprint density at radius 1 is 1.34 bits per heavy atom. The number of thioether (sulfide) groups is 2. The summed E-state index contributed by atoms with van der Waals surface area (Å²) in [5, 5.41) is 16.2. The van der Waals surface area contributed by atoms with E-state index in [1.165, 1.54) is 51.9 Å². The molecule has 1 aliphatic heterocycles. The van der Waals surface area contributed by atoms with Gasteiger partial charge in [0.1, 0.15) is 0 Å². The van der Waals surface area contributed by atoms with Gasteiger partial charge in [0, 0.05) is 35.9 Å². The van der Waals surface area contributed by atoms with E-state index in [1.807, 2.05) is 0 Å². The molecule has 1 aromatic carbocycles. The Labute approximate surface area is 176 Å². The van der Waals surface area contributed by atoms with E-state index >= 15 is 0 Å². The number of amides is 1. The maximum absolute atomic E-state index is 13.0. The molecule has 2 aromatic heterocycles. The van der Waals surface area contributed by atoms with Crippen molar-refractivity contribution in [2.45, 2.75) is 16.5 Å². The van der Waals surface area contributed by atoms with Gasteiger partial charge < -0.3 is 5.32 Å². The van der Waals surface area contributed by atoms with Crippen LogP contribution in [0.1, 0.15) is 5.69 Å². The Hall–Kier alpha value is -2.70. The van der Waals surface area contributed by atoms with Gasteiger partial charge in [-0.05, 0) is 12.1 Å². The third kappa shape index (κ3) is 4.18. The van der Waals surface area contributed by atoms with Crippen molar-refractivity contribution in [3.05, 3.63) is 62.0 Å². The number of nitro groups is 1. The number of benzene rings is 1. The number of non-ortho nitro benzene ring substituents is 1. The number of nitrogens with zero attached hydrogens (tertiary/aromatic N) is 4.